The molecular formula is C3H9NO4S. The van der Waals surface area contributed by atoms with Gasteiger partial charge in [-0.3, -0.25) is 0 Å². The highest BCUT2D eigenvalue weighted by atomic mass is 32.2. The first-order chi connectivity index (χ1) is 3.71. The summed E-state index contributed by atoms with van der Waals surface area (Å²) in [5, 5.41) is 13.1. The Labute approximate surface area is 53.7 Å². The van der Waals surface area contributed by atoms with Crippen molar-refractivity contribution in [2.24, 2.45) is 5.14 Å². The third-order valence-corrected chi connectivity index (χ3v) is 0.960. The van der Waals surface area contributed by atoms with Gasteiger partial charge in [0.1, 0.15) is 0 Å². The molecule has 0 aromatic rings. The summed E-state index contributed by atoms with van der Waals surface area (Å²) in [5.74, 6) is -1.73. The van der Waals surface area contributed by atoms with Gasteiger partial charge in [-0.05, 0) is 13.8 Å². The molecule has 6 heteroatoms. The second-order valence-electron chi connectivity index (χ2n) is 2.02. The van der Waals surface area contributed by atoms with E-state index in [-0.39, 0.29) is 0 Å². The van der Waals surface area contributed by atoms with Crippen molar-refractivity contribution in [2.75, 3.05) is 0 Å². The fraction of sp³-hybridized carbons (Fsp3) is 1.00. The first kappa shape index (κ1) is 8.83. The highest BCUT2D eigenvalue weighted by Crippen LogP contribution is 2.04. The van der Waals surface area contributed by atoms with Crippen LogP contribution in [-0.2, 0) is 14.5 Å². The zero-order valence-electron chi connectivity index (χ0n) is 5.16. The second-order valence-corrected chi connectivity index (χ2v) is 3.18. The van der Waals surface area contributed by atoms with Crippen molar-refractivity contribution in [1.82, 2.24) is 0 Å². The van der Waals surface area contributed by atoms with Gasteiger partial charge in [-0.15, -0.1) is 0 Å². The predicted octanol–water partition coefficient (Wildman–Crippen LogP) is -1.07. The van der Waals surface area contributed by atoms with Crippen molar-refractivity contribution < 1.29 is 17.7 Å². The highest BCUT2D eigenvalue weighted by molar-refractivity contribution is 7.84. The summed E-state index contributed by atoms with van der Waals surface area (Å²) in [6, 6.07) is 0. The van der Waals surface area contributed by atoms with Gasteiger partial charge < -0.3 is 5.11 Å². The van der Waals surface area contributed by atoms with Crippen LogP contribution in [0.1, 0.15) is 13.8 Å². The first-order valence-corrected chi connectivity index (χ1v) is 3.63. The van der Waals surface area contributed by atoms with Gasteiger partial charge in [-0.1, -0.05) is 0 Å². The Morgan fingerprint density at radius 1 is 1.56 bits per heavy atom. The molecule has 0 bridgehead atoms. The smallest absolute Gasteiger partial charge is 0.335 e. The molecule has 0 aromatic carbocycles. The van der Waals surface area contributed by atoms with Crippen molar-refractivity contribution in [2.45, 2.75) is 19.6 Å². The Kier molecular flexibility index (Phi) is 2.18. The molecule has 0 atom stereocenters. The van der Waals surface area contributed by atoms with E-state index in [0.717, 1.165) is 13.8 Å². The van der Waals surface area contributed by atoms with Crippen LogP contribution in [-0.4, -0.2) is 19.3 Å². The molecule has 0 saturated heterocycles. The van der Waals surface area contributed by atoms with Crippen molar-refractivity contribution in [3.8, 4) is 0 Å². The van der Waals surface area contributed by atoms with E-state index in [2.05, 4.69) is 9.32 Å². The Morgan fingerprint density at radius 2 is 1.89 bits per heavy atom. The van der Waals surface area contributed by atoms with Gasteiger partial charge in [0.05, 0.1) is 0 Å². The molecule has 0 saturated carbocycles. The van der Waals surface area contributed by atoms with Crippen molar-refractivity contribution in [3.05, 3.63) is 0 Å². The van der Waals surface area contributed by atoms with Crippen molar-refractivity contribution in [3.63, 3.8) is 0 Å². The summed E-state index contributed by atoms with van der Waals surface area (Å²) in [6.45, 7) is 2.33. The minimum atomic E-state index is -4.03. The third-order valence-electron chi connectivity index (χ3n) is 0.320. The second kappa shape index (κ2) is 2.22. The van der Waals surface area contributed by atoms with E-state index < -0.39 is 16.1 Å². The standard InChI is InChI=1S/C3H9NO4S/c1-3(2,5)8-9(4,6)7/h5H,1-2H3,(H2,4,6,7). The maximum atomic E-state index is 10.0. The van der Waals surface area contributed by atoms with Crippen molar-refractivity contribution in [1.29, 1.82) is 0 Å². The molecular weight excluding hydrogens is 146 g/mol. The lowest BCUT2D eigenvalue weighted by Gasteiger charge is -2.14. The summed E-state index contributed by atoms with van der Waals surface area (Å²) in [5.41, 5.74) is 0. The Morgan fingerprint density at radius 3 is 1.89 bits per heavy atom. The highest BCUT2D eigenvalue weighted by Gasteiger charge is 2.19. The third kappa shape index (κ3) is 7.83. The fourth-order valence-corrected chi connectivity index (χ4v) is 0.853. The van der Waals surface area contributed by atoms with E-state index in [0.29, 0.717) is 0 Å². The Balaban J connectivity index is 4.07. The van der Waals surface area contributed by atoms with E-state index in [1.807, 2.05) is 0 Å². The molecule has 0 aliphatic heterocycles. The van der Waals surface area contributed by atoms with Crippen LogP contribution in [0.4, 0.5) is 0 Å². The van der Waals surface area contributed by atoms with Gasteiger partial charge in [0.15, 0.2) is 5.79 Å². The SMILES string of the molecule is CC(C)(O)OS(N)(=O)=O. The van der Waals surface area contributed by atoms with Gasteiger partial charge in [-0.2, -0.15) is 8.42 Å². The Bertz CT molecular complexity index is 176. The van der Waals surface area contributed by atoms with E-state index in [9.17, 15) is 8.42 Å². The largest absolute Gasteiger partial charge is 0.365 e. The average molecular weight is 155 g/mol. The van der Waals surface area contributed by atoms with Gasteiger partial charge in [-0.25, -0.2) is 9.32 Å². The number of rotatable bonds is 2. The van der Waals surface area contributed by atoms with Crippen LogP contribution < -0.4 is 5.14 Å². The minimum Gasteiger partial charge on any atom is -0.365 e. The zero-order valence-corrected chi connectivity index (χ0v) is 5.97. The summed E-state index contributed by atoms with van der Waals surface area (Å²) in [6.07, 6.45) is 0. The van der Waals surface area contributed by atoms with Crippen LogP contribution in [0.25, 0.3) is 0 Å². The maximum Gasteiger partial charge on any atom is 0.335 e. The summed E-state index contributed by atoms with van der Waals surface area (Å²) >= 11 is 0. The molecule has 9 heavy (non-hydrogen) atoms. The van der Waals surface area contributed by atoms with E-state index in [1.54, 1.807) is 0 Å². The number of aliphatic hydroxyl groups is 1. The van der Waals surface area contributed by atoms with Gasteiger partial charge in [0, 0.05) is 0 Å². The van der Waals surface area contributed by atoms with Crippen LogP contribution in [0.15, 0.2) is 0 Å². The predicted molar refractivity (Wildman–Crippen MR) is 30.5 cm³/mol. The summed E-state index contributed by atoms with van der Waals surface area (Å²) in [7, 11) is -4.03. The molecule has 0 fully saturated rings. The van der Waals surface area contributed by atoms with Gasteiger partial charge in [0.2, 0.25) is 0 Å². The molecule has 3 N–H and O–H groups in total. The topological polar surface area (TPSA) is 89.6 Å². The molecule has 0 aliphatic carbocycles. The quantitative estimate of drug-likeness (QED) is 0.497. The van der Waals surface area contributed by atoms with Gasteiger partial charge >= 0.3 is 10.3 Å². The summed E-state index contributed by atoms with van der Waals surface area (Å²) in [4.78, 5) is 0. The van der Waals surface area contributed by atoms with E-state index in [4.69, 9.17) is 5.11 Å². The zero-order chi connectivity index (χ0) is 7.71. The van der Waals surface area contributed by atoms with Crippen LogP contribution in [0.2, 0.25) is 0 Å². The summed E-state index contributed by atoms with van der Waals surface area (Å²) < 4.78 is 24.0. The average Bonchev–Trinajstić information content (AvgIpc) is 1.14. The molecule has 0 aliphatic rings. The van der Waals surface area contributed by atoms with Gasteiger partial charge in [0.25, 0.3) is 0 Å². The molecule has 0 spiro atoms. The van der Waals surface area contributed by atoms with Crippen LogP contribution in [0.5, 0.6) is 0 Å². The first-order valence-electron chi connectivity index (χ1n) is 2.16. The molecule has 0 heterocycles. The lowest BCUT2D eigenvalue weighted by Crippen LogP contribution is -2.31. The molecule has 0 radical (unpaired) electrons. The lowest BCUT2D eigenvalue weighted by atomic mass is 10.4. The normalized spacial score (nSPS) is 13.8. The van der Waals surface area contributed by atoms with E-state index in [1.165, 1.54) is 0 Å². The van der Waals surface area contributed by atoms with Crippen LogP contribution >= 0.6 is 0 Å². The number of hydrogen-bond donors (Lipinski definition) is 2. The monoisotopic (exact) mass is 155 g/mol. The van der Waals surface area contributed by atoms with Crippen LogP contribution in [0, 0.1) is 0 Å². The minimum absolute atomic E-state index is 1.16. The number of hydrogen-bond acceptors (Lipinski definition) is 4. The lowest BCUT2D eigenvalue weighted by molar-refractivity contribution is -0.0994. The van der Waals surface area contributed by atoms with Crippen molar-refractivity contribution >= 4 is 10.3 Å². The molecule has 0 unspecified atom stereocenters. The molecule has 0 rings (SSSR count). The van der Waals surface area contributed by atoms with Crippen LogP contribution in [0.3, 0.4) is 0 Å². The van der Waals surface area contributed by atoms with E-state index >= 15 is 0 Å². The fourth-order valence-electron chi connectivity index (χ4n) is 0.284. The molecule has 0 amide bonds. The molecule has 5 nitrogen and oxygen atoms in total. The number of nitrogens with two attached hydrogens (primary N) is 1. The molecule has 56 valence electrons. The maximum absolute atomic E-state index is 10.0. The Hall–Kier alpha value is -0.170. The molecule has 0 aromatic heterocycles.